The van der Waals surface area contributed by atoms with E-state index in [-0.39, 0.29) is 6.10 Å². The summed E-state index contributed by atoms with van der Waals surface area (Å²) in [7, 11) is 1.66. The third kappa shape index (κ3) is 5.92. The third-order valence-corrected chi connectivity index (χ3v) is 2.77. The van der Waals surface area contributed by atoms with Crippen LogP contribution in [0.5, 0.6) is 11.5 Å². The maximum absolute atomic E-state index is 5.82. The summed E-state index contributed by atoms with van der Waals surface area (Å²) in [5.41, 5.74) is 0. The summed E-state index contributed by atoms with van der Waals surface area (Å²) in [6.45, 7) is 6.24. The first-order valence-corrected chi connectivity index (χ1v) is 6.77. The maximum atomic E-state index is 5.82. The predicted molar refractivity (Wildman–Crippen MR) is 75.5 cm³/mol. The normalized spacial score (nSPS) is 12.2. The molecule has 18 heavy (non-hydrogen) atoms. The standard InChI is InChI=1S/C15H25NO2/c1-4-5-6-10-16-12-13(2)18-15-9-7-8-14(11-15)17-3/h7-9,11,13,16H,4-6,10,12H2,1-3H3. The average Bonchev–Trinajstić information content (AvgIpc) is 2.38. The first kappa shape index (κ1) is 14.8. The lowest BCUT2D eigenvalue weighted by Gasteiger charge is -2.16. The quantitative estimate of drug-likeness (QED) is 0.683. The second kappa shape index (κ2) is 8.81. The van der Waals surface area contributed by atoms with Crippen LogP contribution in [-0.2, 0) is 0 Å². The molecule has 0 spiro atoms. The molecule has 0 aliphatic rings. The van der Waals surface area contributed by atoms with Crippen molar-refractivity contribution >= 4 is 0 Å². The van der Waals surface area contributed by atoms with E-state index < -0.39 is 0 Å². The van der Waals surface area contributed by atoms with Crippen LogP contribution in [0, 0.1) is 0 Å². The molecule has 1 aromatic carbocycles. The van der Waals surface area contributed by atoms with Crippen LogP contribution >= 0.6 is 0 Å². The minimum atomic E-state index is 0.165. The summed E-state index contributed by atoms with van der Waals surface area (Å²) in [6.07, 6.45) is 3.96. The predicted octanol–water partition coefficient (Wildman–Crippen LogP) is 3.24. The highest BCUT2D eigenvalue weighted by atomic mass is 16.5. The van der Waals surface area contributed by atoms with E-state index in [4.69, 9.17) is 9.47 Å². The maximum Gasteiger partial charge on any atom is 0.123 e. The topological polar surface area (TPSA) is 30.5 Å². The van der Waals surface area contributed by atoms with Gasteiger partial charge in [0.2, 0.25) is 0 Å². The van der Waals surface area contributed by atoms with Gasteiger partial charge in [-0.15, -0.1) is 0 Å². The van der Waals surface area contributed by atoms with Crippen molar-refractivity contribution in [2.75, 3.05) is 20.2 Å². The van der Waals surface area contributed by atoms with Crippen LogP contribution < -0.4 is 14.8 Å². The highest BCUT2D eigenvalue weighted by Gasteiger charge is 2.04. The van der Waals surface area contributed by atoms with Crippen LogP contribution in [-0.4, -0.2) is 26.3 Å². The molecule has 0 saturated heterocycles. The molecule has 0 bridgehead atoms. The van der Waals surface area contributed by atoms with E-state index in [9.17, 15) is 0 Å². The summed E-state index contributed by atoms with van der Waals surface area (Å²) < 4.78 is 11.0. The Labute approximate surface area is 110 Å². The van der Waals surface area contributed by atoms with Gasteiger partial charge < -0.3 is 14.8 Å². The Balaban J connectivity index is 2.24. The van der Waals surface area contributed by atoms with Crippen molar-refractivity contribution < 1.29 is 9.47 Å². The average molecular weight is 251 g/mol. The fourth-order valence-electron chi connectivity index (χ4n) is 1.75. The van der Waals surface area contributed by atoms with Crippen LogP contribution in [0.4, 0.5) is 0 Å². The molecule has 1 aromatic rings. The molecule has 102 valence electrons. The summed E-state index contributed by atoms with van der Waals surface area (Å²) in [6, 6.07) is 7.72. The first-order chi connectivity index (χ1) is 8.76. The molecule has 0 aromatic heterocycles. The molecule has 0 saturated carbocycles. The molecule has 0 aliphatic heterocycles. The number of methoxy groups -OCH3 is 1. The minimum Gasteiger partial charge on any atom is -0.497 e. The molecule has 1 N–H and O–H groups in total. The summed E-state index contributed by atoms with van der Waals surface area (Å²) in [5.74, 6) is 1.69. The van der Waals surface area contributed by atoms with Gasteiger partial charge in [-0.05, 0) is 32.0 Å². The zero-order valence-electron chi connectivity index (χ0n) is 11.7. The van der Waals surface area contributed by atoms with Crippen molar-refractivity contribution in [1.82, 2.24) is 5.32 Å². The molecule has 0 aliphatic carbocycles. The highest BCUT2D eigenvalue weighted by molar-refractivity contribution is 5.32. The van der Waals surface area contributed by atoms with Crippen LogP contribution in [0.15, 0.2) is 24.3 Å². The van der Waals surface area contributed by atoms with Gasteiger partial charge in [-0.3, -0.25) is 0 Å². The molecule has 1 atom stereocenters. The third-order valence-electron chi connectivity index (χ3n) is 2.77. The molecule has 0 radical (unpaired) electrons. The monoisotopic (exact) mass is 251 g/mol. The number of ether oxygens (including phenoxy) is 2. The van der Waals surface area contributed by atoms with E-state index in [2.05, 4.69) is 19.2 Å². The largest absolute Gasteiger partial charge is 0.497 e. The molecule has 1 rings (SSSR count). The van der Waals surface area contributed by atoms with Gasteiger partial charge >= 0.3 is 0 Å². The number of rotatable bonds is 9. The Hall–Kier alpha value is -1.22. The van der Waals surface area contributed by atoms with E-state index in [1.54, 1.807) is 7.11 Å². The minimum absolute atomic E-state index is 0.165. The van der Waals surface area contributed by atoms with Crippen molar-refractivity contribution in [2.45, 2.75) is 39.2 Å². The van der Waals surface area contributed by atoms with Crippen molar-refractivity contribution in [3.8, 4) is 11.5 Å². The van der Waals surface area contributed by atoms with E-state index in [0.29, 0.717) is 0 Å². The molecule has 0 fully saturated rings. The van der Waals surface area contributed by atoms with Crippen molar-refractivity contribution in [3.05, 3.63) is 24.3 Å². The summed E-state index contributed by atoms with van der Waals surface area (Å²) >= 11 is 0. The van der Waals surface area contributed by atoms with Gasteiger partial charge in [0.15, 0.2) is 0 Å². The molecule has 1 unspecified atom stereocenters. The Bertz CT molecular complexity index is 328. The fraction of sp³-hybridized carbons (Fsp3) is 0.600. The smallest absolute Gasteiger partial charge is 0.123 e. The Morgan fingerprint density at radius 2 is 2.00 bits per heavy atom. The molecule has 3 nitrogen and oxygen atoms in total. The van der Waals surface area contributed by atoms with Gasteiger partial charge in [0.25, 0.3) is 0 Å². The van der Waals surface area contributed by atoms with Crippen LogP contribution in [0.1, 0.15) is 33.1 Å². The highest BCUT2D eigenvalue weighted by Crippen LogP contribution is 2.19. The van der Waals surface area contributed by atoms with Gasteiger partial charge in [-0.2, -0.15) is 0 Å². The van der Waals surface area contributed by atoms with Crippen molar-refractivity contribution in [2.24, 2.45) is 0 Å². The van der Waals surface area contributed by atoms with Crippen LogP contribution in [0.2, 0.25) is 0 Å². The van der Waals surface area contributed by atoms with Gasteiger partial charge in [-0.25, -0.2) is 0 Å². The molecule has 0 heterocycles. The zero-order chi connectivity index (χ0) is 13.2. The number of benzene rings is 1. The van der Waals surface area contributed by atoms with E-state index in [1.807, 2.05) is 24.3 Å². The molecular weight excluding hydrogens is 226 g/mol. The van der Waals surface area contributed by atoms with Gasteiger partial charge in [0.1, 0.15) is 17.6 Å². The van der Waals surface area contributed by atoms with Gasteiger partial charge in [0.05, 0.1) is 7.11 Å². The Kier molecular flexibility index (Phi) is 7.26. The lowest BCUT2D eigenvalue weighted by molar-refractivity contribution is 0.216. The lowest BCUT2D eigenvalue weighted by atomic mass is 10.2. The van der Waals surface area contributed by atoms with E-state index in [0.717, 1.165) is 24.6 Å². The number of nitrogens with one attached hydrogen (secondary N) is 1. The molecular formula is C15H25NO2. The SMILES string of the molecule is CCCCCNCC(C)Oc1cccc(OC)c1. The summed E-state index contributed by atoms with van der Waals surface area (Å²) in [4.78, 5) is 0. The van der Waals surface area contributed by atoms with Crippen LogP contribution in [0.25, 0.3) is 0 Å². The fourth-order valence-corrected chi connectivity index (χ4v) is 1.75. The Morgan fingerprint density at radius 1 is 1.22 bits per heavy atom. The van der Waals surface area contributed by atoms with E-state index >= 15 is 0 Å². The second-order valence-corrected chi connectivity index (χ2v) is 4.52. The Morgan fingerprint density at radius 3 is 2.72 bits per heavy atom. The summed E-state index contributed by atoms with van der Waals surface area (Å²) in [5, 5.41) is 3.41. The van der Waals surface area contributed by atoms with Gasteiger partial charge in [0, 0.05) is 12.6 Å². The lowest BCUT2D eigenvalue weighted by Crippen LogP contribution is -2.29. The number of hydrogen-bond acceptors (Lipinski definition) is 3. The van der Waals surface area contributed by atoms with Crippen molar-refractivity contribution in [3.63, 3.8) is 0 Å². The van der Waals surface area contributed by atoms with Crippen molar-refractivity contribution in [1.29, 1.82) is 0 Å². The number of unbranched alkanes of at least 4 members (excludes halogenated alkanes) is 2. The second-order valence-electron chi connectivity index (χ2n) is 4.52. The van der Waals surface area contributed by atoms with E-state index in [1.165, 1.54) is 19.3 Å². The van der Waals surface area contributed by atoms with Gasteiger partial charge in [-0.1, -0.05) is 25.8 Å². The van der Waals surface area contributed by atoms with Crippen LogP contribution in [0.3, 0.4) is 0 Å². The molecule has 3 heteroatoms. The molecule has 0 amide bonds. The zero-order valence-corrected chi connectivity index (χ0v) is 11.7. The number of hydrogen-bond donors (Lipinski definition) is 1. The first-order valence-electron chi connectivity index (χ1n) is 6.77.